The van der Waals surface area contributed by atoms with Crippen LogP contribution in [-0.2, 0) is 11.3 Å². The van der Waals surface area contributed by atoms with Crippen LogP contribution in [0.4, 0.5) is 8.78 Å². The molecule has 156 valence electrons. The fraction of sp³-hybridized carbons (Fsp3) is 0.200. The van der Waals surface area contributed by atoms with Crippen LogP contribution < -0.4 is 16.6 Å². The van der Waals surface area contributed by atoms with Gasteiger partial charge < -0.3 is 10.1 Å². The minimum Gasteiger partial charge on any atom is -0.383 e. The minimum absolute atomic E-state index is 0.0497. The fourth-order valence-electron chi connectivity index (χ4n) is 2.72. The number of hydrogen-bond donors (Lipinski definition) is 1. The third kappa shape index (κ3) is 4.33. The number of nitrogens with zero attached hydrogens (tertiary/aromatic N) is 3. The zero-order valence-corrected chi connectivity index (χ0v) is 16.0. The van der Waals surface area contributed by atoms with Crippen molar-refractivity contribution in [3.8, 4) is 5.69 Å². The Labute approximate surface area is 169 Å². The van der Waals surface area contributed by atoms with Crippen LogP contribution in [0.1, 0.15) is 16.1 Å². The Balaban J connectivity index is 2.18. The van der Waals surface area contributed by atoms with E-state index in [0.29, 0.717) is 9.25 Å². The molecular weight excluding hydrogens is 398 g/mol. The largest absolute Gasteiger partial charge is 0.383 e. The van der Waals surface area contributed by atoms with E-state index in [2.05, 4.69) is 10.4 Å². The van der Waals surface area contributed by atoms with E-state index >= 15 is 0 Å². The van der Waals surface area contributed by atoms with E-state index in [-0.39, 0.29) is 24.4 Å². The lowest BCUT2D eigenvalue weighted by Gasteiger charge is -2.13. The molecule has 1 N–H and O–H groups in total. The third-order valence-corrected chi connectivity index (χ3v) is 4.23. The summed E-state index contributed by atoms with van der Waals surface area (Å²) in [6.45, 7) is -0.190. The number of nitrogens with one attached hydrogen (secondary N) is 1. The van der Waals surface area contributed by atoms with Gasteiger partial charge in [-0.15, -0.1) is 0 Å². The van der Waals surface area contributed by atoms with Crippen molar-refractivity contribution in [2.75, 3.05) is 20.3 Å². The summed E-state index contributed by atoms with van der Waals surface area (Å²) >= 11 is 0. The van der Waals surface area contributed by atoms with Crippen molar-refractivity contribution in [1.82, 2.24) is 19.7 Å². The number of aromatic nitrogens is 3. The van der Waals surface area contributed by atoms with Crippen molar-refractivity contribution in [3.05, 3.63) is 92.3 Å². The summed E-state index contributed by atoms with van der Waals surface area (Å²) in [4.78, 5) is 38.2. The smallest absolute Gasteiger partial charge is 0.352 e. The van der Waals surface area contributed by atoms with Gasteiger partial charge in [0.05, 0.1) is 13.2 Å². The standard InChI is InChI=1S/C20H18F2N4O4/c1-30-11-10-23-18(27)17-19(28)25(12-13-6-2-3-7-14(13)21)20(29)26(24-17)16-9-5-4-8-15(16)22/h2-9H,10-12H2,1H3,(H,23,27). The molecule has 0 radical (unpaired) electrons. The molecular formula is C20H18F2N4O4. The van der Waals surface area contributed by atoms with Crippen LogP contribution in [0.25, 0.3) is 5.69 Å². The van der Waals surface area contributed by atoms with Crippen LogP contribution in [0, 0.1) is 11.6 Å². The van der Waals surface area contributed by atoms with E-state index in [1.54, 1.807) is 6.07 Å². The first-order valence-corrected chi connectivity index (χ1v) is 8.93. The molecule has 1 amide bonds. The molecule has 8 nitrogen and oxygen atoms in total. The van der Waals surface area contributed by atoms with Crippen molar-refractivity contribution in [2.24, 2.45) is 0 Å². The maximum absolute atomic E-state index is 14.3. The van der Waals surface area contributed by atoms with Gasteiger partial charge in [0.1, 0.15) is 17.3 Å². The highest BCUT2D eigenvalue weighted by Crippen LogP contribution is 2.10. The normalized spacial score (nSPS) is 10.8. The Morgan fingerprint density at radius 2 is 1.73 bits per heavy atom. The second-order valence-corrected chi connectivity index (χ2v) is 6.23. The van der Waals surface area contributed by atoms with Gasteiger partial charge in [0.25, 0.3) is 11.5 Å². The topological polar surface area (TPSA) is 95.2 Å². The van der Waals surface area contributed by atoms with Gasteiger partial charge in [-0.25, -0.2) is 13.6 Å². The quantitative estimate of drug-likeness (QED) is 0.582. The van der Waals surface area contributed by atoms with Crippen molar-refractivity contribution >= 4 is 5.91 Å². The summed E-state index contributed by atoms with van der Waals surface area (Å²) in [5.41, 5.74) is -2.87. The molecule has 2 aromatic carbocycles. The highest BCUT2D eigenvalue weighted by Gasteiger charge is 2.22. The van der Waals surface area contributed by atoms with Gasteiger partial charge >= 0.3 is 5.69 Å². The van der Waals surface area contributed by atoms with Gasteiger partial charge in [0, 0.05) is 19.2 Å². The highest BCUT2D eigenvalue weighted by atomic mass is 19.1. The molecule has 3 rings (SSSR count). The first-order valence-electron chi connectivity index (χ1n) is 8.93. The Bertz CT molecular complexity index is 1190. The number of hydrogen-bond acceptors (Lipinski definition) is 5. The highest BCUT2D eigenvalue weighted by molar-refractivity contribution is 5.91. The van der Waals surface area contributed by atoms with Crippen LogP contribution in [-0.4, -0.2) is 40.5 Å². The number of carbonyl (C=O) groups excluding carboxylic acids is 1. The molecule has 0 unspecified atom stereocenters. The summed E-state index contributed by atoms with van der Waals surface area (Å²) in [6, 6.07) is 10.8. The molecule has 0 saturated heterocycles. The zero-order chi connectivity index (χ0) is 21.7. The van der Waals surface area contributed by atoms with Gasteiger partial charge in [0.15, 0.2) is 0 Å². The molecule has 0 bridgehead atoms. The van der Waals surface area contributed by atoms with Gasteiger partial charge in [-0.05, 0) is 18.2 Å². The maximum Gasteiger partial charge on any atom is 0.352 e. The van der Waals surface area contributed by atoms with E-state index in [1.165, 1.54) is 43.5 Å². The molecule has 10 heteroatoms. The SMILES string of the molecule is COCCNC(=O)c1nn(-c2ccccc2F)c(=O)n(Cc2ccccc2F)c1=O. The predicted molar refractivity (Wildman–Crippen MR) is 104 cm³/mol. The van der Waals surface area contributed by atoms with Gasteiger partial charge in [0.2, 0.25) is 5.69 Å². The van der Waals surface area contributed by atoms with Crippen LogP contribution >= 0.6 is 0 Å². The van der Waals surface area contributed by atoms with Crippen LogP contribution in [0.2, 0.25) is 0 Å². The van der Waals surface area contributed by atoms with Crippen LogP contribution in [0.5, 0.6) is 0 Å². The minimum atomic E-state index is -1.02. The Kier molecular flexibility index (Phi) is 6.48. The number of amides is 1. The average molecular weight is 416 g/mol. The average Bonchev–Trinajstić information content (AvgIpc) is 2.73. The number of benzene rings is 2. The molecule has 1 heterocycles. The lowest BCUT2D eigenvalue weighted by molar-refractivity contribution is 0.0927. The van der Waals surface area contributed by atoms with E-state index in [4.69, 9.17) is 4.74 Å². The van der Waals surface area contributed by atoms with Gasteiger partial charge in [-0.1, -0.05) is 30.3 Å². The molecule has 0 saturated carbocycles. The molecule has 0 atom stereocenters. The van der Waals surface area contributed by atoms with Gasteiger partial charge in [-0.2, -0.15) is 9.78 Å². The summed E-state index contributed by atoms with van der Waals surface area (Å²) in [6.07, 6.45) is 0. The fourth-order valence-corrected chi connectivity index (χ4v) is 2.72. The number of para-hydroxylation sites is 1. The summed E-state index contributed by atoms with van der Waals surface area (Å²) < 4.78 is 34.5. The van der Waals surface area contributed by atoms with E-state index in [0.717, 1.165) is 6.07 Å². The molecule has 0 aliphatic heterocycles. The molecule has 0 aliphatic rings. The summed E-state index contributed by atoms with van der Waals surface area (Å²) in [5, 5.41) is 6.22. The number of carbonyl (C=O) groups is 1. The molecule has 30 heavy (non-hydrogen) atoms. The Hall–Kier alpha value is -3.66. The first-order chi connectivity index (χ1) is 14.4. The van der Waals surface area contributed by atoms with E-state index in [9.17, 15) is 23.2 Å². The zero-order valence-electron chi connectivity index (χ0n) is 16.0. The van der Waals surface area contributed by atoms with E-state index < -0.39 is 41.0 Å². The first kappa shape index (κ1) is 21.1. The number of halogens is 2. The lowest BCUT2D eigenvalue weighted by Crippen LogP contribution is -2.46. The van der Waals surface area contributed by atoms with Crippen molar-refractivity contribution in [2.45, 2.75) is 6.54 Å². The molecule has 3 aromatic rings. The Morgan fingerprint density at radius 1 is 1.07 bits per heavy atom. The Morgan fingerprint density at radius 3 is 2.40 bits per heavy atom. The summed E-state index contributed by atoms with van der Waals surface area (Å²) in [7, 11) is 1.43. The van der Waals surface area contributed by atoms with Crippen molar-refractivity contribution in [1.29, 1.82) is 0 Å². The molecule has 0 fully saturated rings. The molecule has 0 spiro atoms. The van der Waals surface area contributed by atoms with Crippen molar-refractivity contribution in [3.63, 3.8) is 0 Å². The third-order valence-electron chi connectivity index (χ3n) is 4.23. The summed E-state index contributed by atoms with van der Waals surface area (Å²) in [5.74, 6) is -2.29. The number of methoxy groups -OCH3 is 1. The molecule has 1 aromatic heterocycles. The number of rotatable bonds is 7. The van der Waals surface area contributed by atoms with Crippen molar-refractivity contribution < 1.29 is 18.3 Å². The predicted octanol–water partition coefficient (Wildman–Crippen LogP) is 1.10. The monoisotopic (exact) mass is 416 g/mol. The van der Waals surface area contributed by atoms with E-state index in [1.807, 2.05) is 0 Å². The molecule has 0 aliphatic carbocycles. The number of ether oxygens (including phenoxy) is 1. The maximum atomic E-state index is 14.3. The van der Waals surface area contributed by atoms with Crippen LogP contribution in [0.3, 0.4) is 0 Å². The second kappa shape index (κ2) is 9.23. The lowest BCUT2D eigenvalue weighted by atomic mass is 10.2. The second-order valence-electron chi connectivity index (χ2n) is 6.23. The van der Waals surface area contributed by atoms with Gasteiger partial charge in [-0.3, -0.25) is 14.2 Å². The van der Waals surface area contributed by atoms with Crippen LogP contribution in [0.15, 0.2) is 58.1 Å².